The van der Waals surface area contributed by atoms with E-state index in [1.165, 1.54) is 12.5 Å². The SMILES string of the molecule is Fc1ccc(Oc2ncncc2Br)cc1C(F)(F)F. The molecule has 0 saturated heterocycles. The van der Waals surface area contributed by atoms with Crippen molar-refractivity contribution < 1.29 is 22.3 Å². The molecule has 0 unspecified atom stereocenters. The number of ether oxygens (including phenoxy) is 1. The van der Waals surface area contributed by atoms with Crippen LogP contribution in [0.5, 0.6) is 11.6 Å². The maximum Gasteiger partial charge on any atom is 0.419 e. The lowest BCUT2D eigenvalue weighted by molar-refractivity contribution is -0.140. The molecule has 0 atom stereocenters. The minimum atomic E-state index is -4.79. The monoisotopic (exact) mass is 336 g/mol. The molecular weight excluding hydrogens is 332 g/mol. The van der Waals surface area contributed by atoms with Gasteiger partial charge in [-0.1, -0.05) is 0 Å². The highest BCUT2D eigenvalue weighted by molar-refractivity contribution is 9.10. The second-order valence-corrected chi connectivity index (χ2v) is 4.27. The topological polar surface area (TPSA) is 35.0 Å². The van der Waals surface area contributed by atoms with Gasteiger partial charge in [0.15, 0.2) is 0 Å². The van der Waals surface area contributed by atoms with E-state index in [4.69, 9.17) is 4.74 Å². The molecule has 19 heavy (non-hydrogen) atoms. The van der Waals surface area contributed by atoms with Crippen molar-refractivity contribution in [1.29, 1.82) is 0 Å². The maximum absolute atomic E-state index is 13.1. The molecule has 0 aliphatic rings. The molecule has 1 aromatic heterocycles. The molecule has 2 aromatic rings. The van der Waals surface area contributed by atoms with Crippen LogP contribution in [0.1, 0.15) is 5.56 Å². The van der Waals surface area contributed by atoms with Gasteiger partial charge < -0.3 is 4.74 Å². The van der Waals surface area contributed by atoms with Gasteiger partial charge >= 0.3 is 6.18 Å². The first-order chi connectivity index (χ1) is 8.88. The highest BCUT2D eigenvalue weighted by Gasteiger charge is 2.34. The summed E-state index contributed by atoms with van der Waals surface area (Å²) in [6.45, 7) is 0. The van der Waals surface area contributed by atoms with Gasteiger partial charge in [-0.05, 0) is 34.1 Å². The lowest BCUT2D eigenvalue weighted by atomic mass is 10.2. The molecule has 0 radical (unpaired) electrons. The third-order valence-electron chi connectivity index (χ3n) is 2.09. The van der Waals surface area contributed by atoms with Gasteiger partial charge in [0.2, 0.25) is 5.88 Å². The molecule has 0 bridgehead atoms. The Hall–Kier alpha value is -1.70. The second-order valence-electron chi connectivity index (χ2n) is 3.42. The Morgan fingerprint density at radius 3 is 2.58 bits per heavy atom. The number of halogens is 5. The Bertz CT molecular complexity index is 603. The predicted octanol–water partition coefficient (Wildman–Crippen LogP) is 4.19. The average Bonchev–Trinajstić information content (AvgIpc) is 2.33. The second kappa shape index (κ2) is 5.12. The third kappa shape index (κ3) is 3.19. The molecule has 3 nitrogen and oxygen atoms in total. The predicted molar refractivity (Wildman–Crippen MR) is 61.2 cm³/mol. The summed E-state index contributed by atoms with van der Waals surface area (Å²) in [5.74, 6) is -1.50. The first kappa shape index (κ1) is 13.7. The van der Waals surface area contributed by atoms with Crippen molar-refractivity contribution in [2.45, 2.75) is 6.18 Å². The minimum Gasteiger partial charge on any atom is -0.438 e. The molecule has 0 amide bonds. The van der Waals surface area contributed by atoms with Crippen LogP contribution < -0.4 is 4.74 Å². The van der Waals surface area contributed by atoms with Crippen molar-refractivity contribution in [3.63, 3.8) is 0 Å². The average molecular weight is 337 g/mol. The van der Waals surface area contributed by atoms with Crippen molar-refractivity contribution in [2.75, 3.05) is 0 Å². The van der Waals surface area contributed by atoms with Gasteiger partial charge in [0.25, 0.3) is 0 Å². The van der Waals surface area contributed by atoms with Gasteiger partial charge in [0, 0.05) is 6.20 Å². The summed E-state index contributed by atoms with van der Waals surface area (Å²) in [6, 6.07) is 2.34. The standard InChI is InChI=1S/C11H5BrF4N2O/c12-8-4-17-5-18-10(8)19-6-1-2-9(13)7(3-6)11(14,15)16/h1-5H. The normalized spacial score (nSPS) is 11.4. The van der Waals surface area contributed by atoms with Gasteiger partial charge in [0.1, 0.15) is 17.9 Å². The molecule has 0 saturated carbocycles. The number of nitrogens with zero attached hydrogens (tertiary/aromatic N) is 2. The van der Waals surface area contributed by atoms with E-state index in [1.54, 1.807) is 0 Å². The molecule has 100 valence electrons. The van der Waals surface area contributed by atoms with Crippen molar-refractivity contribution in [2.24, 2.45) is 0 Å². The zero-order chi connectivity index (χ0) is 14.0. The lowest BCUT2D eigenvalue weighted by Crippen LogP contribution is -2.08. The number of rotatable bonds is 2. The van der Waals surface area contributed by atoms with Crippen molar-refractivity contribution >= 4 is 15.9 Å². The highest BCUT2D eigenvalue weighted by Crippen LogP contribution is 2.35. The van der Waals surface area contributed by atoms with Crippen LogP contribution >= 0.6 is 15.9 Å². The zero-order valence-corrected chi connectivity index (χ0v) is 10.7. The Balaban J connectivity index is 2.35. The van der Waals surface area contributed by atoms with Crippen LogP contribution in [0.4, 0.5) is 17.6 Å². The van der Waals surface area contributed by atoms with Gasteiger partial charge in [-0.15, -0.1) is 0 Å². The molecular formula is C11H5BrF4N2O. The number of benzene rings is 1. The molecule has 1 aromatic carbocycles. The Kier molecular flexibility index (Phi) is 3.70. The number of hydrogen-bond acceptors (Lipinski definition) is 3. The fourth-order valence-electron chi connectivity index (χ4n) is 1.27. The number of aromatic nitrogens is 2. The molecule has 1 heterocycles. The van der Waals surface area contributed by atoms with Crippen molar-refractivity contribution in [1.82, 2.24) is 9.97 Å². The zero-order valence-electron chi connectivity index (χ0n) is 9.08. The summed E-state index contributed by atoms with van der Waals surface area (Å²) in [6.07, 6.45) is -2.24. The molecule has 2 rings (SSSR count). The van der Waals surface area contributed by atoms with E-state index in [9.17, 15) is 17.6 Å². The molecule has 0 N–H and O–H groups in total. The van der Waals surface area contributed by atoms with Gasteiger partial charge in [-0.25, -0.2) is 14.4 Å². The summed E-state index contributed by atoms with van der Waals surface area (Å²) >= 11 is 3.08. The first-order valence-electron chi connectivity index (χ1n) is 4.88. The molecule has 0 spiro atoms. The summed E-state index contributed by atoms with van der Waals surface area (Å²) < 4.78 is 56.1. The van der Waals surface area contributed by atoms with Gasteiger partial charge in [-0.2, -0.15) is 13.2 Å². The van der Waals surface area contributed by atoms with Crippen LogP contribution in [0.15, 0.2) is 35.2 Å². The molecule has 8 heteroatoms. The van der Waals surface area contributed by atoms with Crippen LogP contribution in [-0.4, -0.2) is 9.97 Å². The van der Waals surface area contributed by atoms with E-state index in [1.807, 2.05) is 0 Å². The van der Waals surface area contributed by atoms with Crippen molar-refractivity contribution in [3.8, 4) is 11.6 Å². The smallest absolute Gasteiger partial charge is 0.419 e. The van der Waals surface area contributed by atoms with Crippen molar-refractivity contribution in [3.05, 3.63) is 46.6 Å². The third-order valence-corrected chi connectivity index (χ3v) is 2.64. The summed E-state index contributed by atoms with van der Waals surface area (Å²) in [5.41, 5.74) is -1.39. The van der Waals surface area contributed by atoms with E-state index in [-0.39, 0.29) is 11.6 Å². The summed E-state index contributed by atoms with van der Waals surface area (Å²) in [5, 5.41) is 0. The van der Waals surface area contributed by atoms with Crippen LogP contribution in [0, 0.1) is 5.82 Å². The van der Waals surface area contributed by atoms with Crippen LogP contribution in [-0.2, 0) is 6.18 Å². The van der Waals surface area contributed by atoms with Crippen LogP contribution in [0.2, 0.25) is 0 Å². The fraction of sp³-hybridized carbons (Fsp3) is 0.0909. The van der Waals surface area contributed by atoms with E-state index < -0.39 is 17.6 Å². The highest BCUT2D eigenvalue weighted by atomic mass is 79.9. The summed E-state index contributed by atoms with van der Waals surface area (Å²) in [4.78, 5) is 7.41. The first-order valence-corrected chi connectivity index (χ1v) is 5.67. The fourth-order valence-corrected chi connectivity index (χ4v) is 1.57. The Morgan fingerprint density at radius 1 is 1.21 bits per heavy atom. The quantitative estimate of drug-likeness (QED) is 0.771. The summed E-state index contributed by atoms with van der Waals surface area (Å²) in [7, 11) is 0. The van der Waals surface area contributed by atoms with E-state index >= 15 is 0 Å². The molecule has 0 aliphatic carbocycles. The largest absolute Gasteiger partial charge is 0.438 e. The van der Waals surface area contributed by atoms with Gasteiger partial charge in [-0.3, -0.25) is 0 Å². The Morgan fingerprint density at radius 2 is 1.95 bits per heavy atom. The maximum atomic E-state index is 13.1. The number of alkyl halides is 3. The minimum absolute atomic E-state index is 0.0368. The van der Waals surface area contributed by atoms with E-state index in [0.717, 1.165) is 6.07 Å². The van der Waals surface area contributed by atoms with Gasteiger partial charge in [0.05, 0.1) is 10.0 Å². The number of hydrogen-bond donors (Lipinski definition) is 0. The molecule has 0 fully saturated rings. The van der Waals surface area contributed by atoms with Crippen LogP contribution in [0.25, 0.3) is 0 Å². The van der Waals surface area contributed by atoms with E-state index in [2.05, 4.69) is 25.9 Å². The lowest BCUT2D eigenvalue weighted by Gasteiger charge is -2.11. The van der Waals surface area contributed by atoms with Crippen LogP contribution in [0.3, 0.4) is 0 Å². The van der Waals surface area contributed by atoms with E-state index in [0.29, 0.717) is 16.6 Å². The Labute approximate surface area is 113 Å². The molecule has 0 aliphatic heterocycles.